The maximum Gasteiger partial charge on any atom is 0.261 e. The minimum atomic E-state index is -0.00106. The highest BCUT2D eigenvalue weighted by Gasteiger charge is 2.35. The van der Waals surface area contributed by atoms with Gasteiger partial charge in [0, 0.05) is 30.9 Å². The van der Waals surface area contributed by atoms with Gasteiger partial charge in [-0.2, -0.15) is 0 Å². The molecule has 0 aliphatic carbocycles. The van der Waals surface area contributed by atoms with E-state index in [0.717, 1.165) is 28.1 Å². The molecule has 0 unspecified atom stereocenters. The first-order chi connectivity index (χ1) is 10.6. The third-order valence-electron chi connectivity index (χ3n) is 4.29. The van der Waals surface area contributed by atoms with E-state index in [4.69, 9.17) is 4.74 Å². The van der Waals surface area contributed by atoms with Crippen LogP contribution < -0.4 is 5.32 Å². The quantitative estimate of drug-likeness (QED) is 0.942. The summed E-state index contributed by atoms with van der Waals surface area (Å²) < 4.78 is 6.69. The first-order valence-corrected chi connectivity index (χ1v) is 8.46. The molecule has 1 aliphatic heterocycles. The lowest BCUT2D eigenvalue weighted by atomic mass is 10.2. The molecule has 1 fully saturated rings. The number of fused-ring (bicyclic) bond motifs is 1. The van der Waals surface area contributed by atoms with Crippen molar-refractivity contribution in [3.8, 4) is 0 Å². The summed E-state index contributed by atoms with van der Waals surface area (Å²) in [5.41, 5.74) is 0. The average molecular weight is 318 g/mol. The second-order valence-electron chi connectivity index (χ2n) is 6.05. The lowest BCUT2D eigenvalue weighted by molar-refractivity contribution is 0.0755. The molecule has 0 radical (unpaired) electrons. The van der Waals surface area contributed by atoms with Gasteiger partial charge < -0.3 is 10.1 Å². The highest BCUT2D eigenvalue weighted by atomic mass is 32.1. The third-order valence-corrected chi connectivity index (χ3v) is 5.41. The van der Waals surface area contributed by atoms with E-state index in [2.05, 4.69) is 24.1 Å². The van der Waals surface area contributed by atoms with Gasteiger partial charge in [0.05, 0.1) is 17.0 Å². The third kappa shape index (κ3) is 3.02. The van der Waals surface area contributed by atoms with Gasteiger partial charge in [-0.05, 0) is 31.4 Å². The van der Waals surface area contributed by atoms with Crippen LogP contribution in [-0.4, -0.2) is 49.2 Å². The number of nitrogens with zero attached hydrogens (tertiary/aromatic N) is 1. The number of methoxy groups -OCH3 is 1. The summed E-state index contributed by atoms with van der Waals surface area (Å²) in [4.78, 5) is 15.6. The molecule has 118 valence electrons. The van der Waals surface area contributed by atoms with Crippen LogP contribution >= 0.6 is 11.3 Å². The minimum absolute atomic E-state index is 0.00106. The number of carbonyl (C=O) groups is 1. The molecule has 2 heterocycles. The Labute approximate surface area is 135 Å². The predicted molar refractivity (Wildman–Crippen MR) is 90.6 cm³/mol. The second kappa shape index (κ2) is 6.36. The van der Waals surface area contributed by atoms with Gasteiger partial charge in [0.25, 0.3) is 5.91 Å². The number of nitrogens with one attached hydrogen (secondary N) is 1. The standard InChI is InChI=1S/C17H22N2O2S/c1-11(2)19-9-13(14(10-19)21-3)18-17(20)16-8-12-6-4-5-7-15(12)22-16/h4-8,11,13-14H,9-10H2,1-3H3,(H,18,20)/t13-,14-/m0/s1. The number of carbonyl (C=O) groups excluding carboxylic acids is 1. The van der Waals surface area contributed by atoms with Crippen LogP contribution in [0.15, 0.2) is 30.3 Å². The lowest BCUT2D eigenvalue weighted by Crippen LogP contribution is -2.43. The van der Waals surface area contributed by atoms with Gasteiger partial charge >= 0.3 is 0 Å². The van der Waals surface area contributed by atoms with Gasteiger partial charge in [0.1, 0.15) is 0 Å². The van der Waals surface area contributed by atoms with Crippen molar-refractivity contribution in [3.63, 3.8) is 0 Å². The van der Waals surface area contributed by atoms with Crippen LogP contribution in [-0.2, 0) is 4.74 Å². The smallest absolute Gasteiger partial charge is 0.261 e. The Balaban J connectivity index is 1.73. The summed E-state index contributed by atoms with van der Waals surface area (Å²) in [6.07, 6.45) is 0.0562. The Hall–Kier alpha value is -1.43. The molecule has 5 heteroatoms. The van der Waals surface area contributed by atoms with Gasteiger partial charge in [-0.1, -0.05) is 18.2 Å². The van der Waals surface area contributed by atoms with Crippen LogP contribution in [0.4, 0.5) is 0 Å². The summed E-state index contributed by atoms with van der Waals surface area (Å²) in [5.74, 6) is -0.00106. The van der Waals surface area contributed by atoms with Gasteiger partial charge in [0.15, 0.2) is 0 Å². The van der Waals surface area contributed by atoms with Crippen LogP contribution in [0, 0.1) is 0 Å². The minimum Gasteiger partial charge on any atom is -0.378 e. The van der Waals surface area contributed by atoms with Crippen molar-refractivity contribution in [1.29, 1.82) is 0 Å². The van der Waals surface area contributed by atoms with Crippen molar-refractivity contribution in [2.45, 2.75) is 32.0 Å². The molecular formula is C17H22N2O2S. The van der Waals surface area contributed by atoms with Gasteiger partial charge in [0.2, 0.25) is 0 Å². The highest BCUT2D eigenvalue weighted by Crippen LogP contribution is 2.25. The van der Waals surface area contributed by atoms with Crippen molar-refractivity contribution in [1.82, 2.24) is 10.2 Å². The van der Waals surface area contributed by atoms with Crippen molar-refractivity contribution in [2.75, 3.05) is 20.2 Å². The summed E-state index contributed by atoms with van der Waals surface area (Å²) in [6, 6.07) is 10.6. The zero-order valence-corrected chi connectivity index (χ0v) is 14.0. The predicted octanol–water partition coefficient (Wildman–Crippen LogP) is 2.74. The Bertz CT molecular complexity index is 634. The van der Waals surface area contributed by atoms with Crippen LogP contribution in [0.3, 0.4) is 0 Å². The number of benzene rings is 1. The monoisotopic (exact) mass is 318 g/mol. The molecule has 2 atom stereocenters. The Morgan fingerprint density at radius 3 is 2.82 bits per heavy atom. The second-order valence-corrected chi connectivity index (χ2v) is 7.13. The first kappa shape index (κ1) is 15.5. The SMILES string of the molecule is CO[C@H]1CN(C(C)C)C[C@@H]1NC(=O)c1cc2ccccc2s1. The Morgan fingerprint density at radius 1 is 1.36 bits per heavy atom. The van der Waals surface area contributed by atoms with E-state index in [1.807, 2.05) is 30.3 Å². The van der Waals surface area contributed by atoms with E-state index in [9.17, 15) is 4.79 Å². The number of hydrogen-bond donors (Lipinski definition) is 1. The largest absolute Gasteiger partial charge is 0.378 e. The summed E-state index contributed by atoms with van der Waals surface area (Å²) >= 11 is 1.54. The molecule has 3 rings (SSSR count). The molecule has 2 aromatic rings. The fraction of sp³-hybridized carbons (Fsp3) is 0.471. The fourth-order valence-electron chi connectivity index (χ4n) is 2.94. The molecule has 1 N–H and O–H groups in total. The van der Waals surface area contributed by atoms with Crippen molar-refractivity contribution < 1.29 is 9.53 Å². The van der Waals surface area contributed by atoms with E-state index in [1.54, 1.807) is 7.11 Å². The molecule has 0 bridgehead atoms. The maximum atomic E-state index is 12.5. The molecule has 0 saturated carbocycles. The Kier molecular flexibility index (Phi) is 4.47. The Morgan fingerprint density at radius 2 is 2.14 bits per heavy atom. The van der Waals surface area contributed by atoms with Gasteiger partial charge in [-0.15, -0.1) is 11.3 Å². The zero-order chi connectivity index (χ0) is 15.7. The summed E-state index contributed by atoms with van der Waals surface area (Å²) in [5, 5.41) is 4.27. The van der Waals surface area contributed by atoms with E-state index < -0.39 is 0 Å². The molecule has 1 saturated heterocycles. The van der Waals surface area contributed by atoms with Crippen LogP contribution in [0.1, 0.15) is 23.5 Å². The van der Waals surface area contributed by atoms with Gasteiger partial charge in [-0.25, -0.2) is 0 Å². The molecule has 1 amide bonds. The number of ether oxygens (including phenoxy) is 1. The number of likely N-dealkylation sites (tertiary alicyclic amines) is 1. The number of hydrogen-bond acceptors (Lipinski definition) is 4. The molecule has 0 spiro atoms. The normalized spacial score (nSPS) is 22.5. The van der Waals surface area contributed by atoms with Crippen molar-refractivity contribution in [2.24, 2.45) is 0 Å². The number of rotatable bonds is 4. The summed E-state index contributed by atoms with van der Waals surface area (Å²) in [6.45, 7) is 6.05. The van der Waals surface area contributed by atoms with Crippen molar-refractivity contribution in [3.05, 3.63) is 35.2 Å². The van der Waals surface area contributed by atoms with Crippen LogP contribution in [0.2, 0.25) is 0 Å². The molecule has 1 aliphatic rings. The molecular weight excluding hydrogens is 296 g/mol. The molecule has 1 aromatic heterocycles. The number of thiophene rings is 1. The lowest BCUT2D eigenvalue weighted by Gasteiger charge is -2.19. The highest BCUT2D eigenvalue weighted by molar-refractivity contribution is 7.20. The fourth-order valence-corrected chi connectivity index (χ4v) is 3.90. The average Bonchev–Trinajstić information content (AvgIpc) is 3.10. The van der Waals surface area contributed by atoms with E-state index in [-0.39, 0.29) is 18.1 Å². The number of amides is 1. The molecule has 4 nitrogen and oxygen atoms in total. The molecule has 22 heavy (non-hydrogen) atoms. The van der Waals surface area contributed by atoms with E-state index in [1.165, 1.54) is 11.3 Å². The zero-order valence-electron chi connectivity index (χ0n) is 13.2. The van der Waals surface area contributed by atoms with Gasteiger partial charge in [-0.3, -0.25) is 9.69 Å². The topological polar surface area (TPSA) is 41.6 Å². The van der Waals surface area contributed by atoms with E-state index >= 15 is 0 Å². The summed E-state index contributed by atoms with van der Waals surface area (Å²) in [7, 11) is 1.72. The van der Waals surface area contributed by atoms with Crippen LogP contribution in [0.25, 0.3) is 10.1 Å². The van der Waals surface area contributed by atoms with Crippen molar-refractivity contribution >= 4 is 27.3 Å². The van der Waals surface area contributed by atoms with E-state index in [0.29, 0.717) is 6.04 Å². The first-order valence-electron chi connectivity index (χ1n) is 7.64. The van der Waals surface area contributed by atoms with Crippen LogP contribution in [0.5, 0.6) is 0 Å². The molecule has 1 aromatic carbocycles. The maximum absolute atomic E-state index is 12.5.